The average molecular weight is 327 g/mol. The predicted octanol–water partition coefficient (Wildman–Crippen LogP) is 3.96. The first kappa shape index (κ1) is 15.6. The number of halogens is 1. The molecule has 4 heteroatoms. The van der Waals surface area contributed by atoms with Crippen molar-refractivity contribution < 1.29 is 4.79 Å². The van der Waals surface area contributed by atoms with Crippen molar-refractivity contribution in [1.82, 2.24) is 0 Å². The Labute approximate surface area is 141 Å². The first-order valence-electron chi connectivity index (χ1n) is 7.74. The van der Waals surface area contributed by atoms with E-state index in [-0.39, 0.29) is 11.9 Å². The van der Waals surface area contributed by atoms with E-state index >= 15 is 0 Å². The van der Waals surface area contributed by atoms with Gasteiger partial charge in [-0.1, -0.05) is 60.2 Å². The van der Waals surface area contributed by atoms with Crippen LogP contribution >= 0.6 is 11.6 Å². The first-order valence-corrected chi connectivity index (χ1v) is 8.11. The van der Waals surface area contributed by atoms with Crippen molar-refractivity contribution in [1.29, 1.82) is 0 Å². The van der Waals surface area contributed by atoms with Gasteiger partial charge in [0.25, 0.3) is 0 Å². The van der Waals surface area contributed by atoms with Crippen molar-refractivity contribution in [3.05, 3.63) is 64.7 Å². The van der Waals surface area contributed by atoms with Crippen LogP contribution in [0.4, 0.5) is 5.69 Å². The van der Waals surface area contributed by atoms with E-state index in [1.807, 2.05) is 65.6 Å². The molecule has 0 bridgehead atoms. The number of carbonyl (C=O) groups is 1. The summed E-state index contributed by atoms with van der Waals surface area (Å²) in [7, 11) is 0. The van der Waals surface area contributed by atoms with Gasteiger partial charge in [-0.25, -0.2) is 0 Å². The van der Waals surface area contributed by atoms with Crippen LogP contribution in [-0.2, 0) is 4.79 Å². The van der Waals surface area contributed by atoms with Crippen molar-refractivity contribution in [2.75, 3.05) is 11.4 Å². The second kappa shape index (κ2) is 6.88. The molecule has 2 aromatic rings. The zero-order valence-corrected chi connectivity index (χ0v) is 13.5. The van der Waals surface area contributed by atoms with Gasteiger partial charge in [-0.15, -0.1) is 0 Å². The fourth-order valence-electron chi connectivity index (χ4n) is 2.95. The van der Waals surface area contributed by atoms with Gasteiger partial charge in [0.15, 0.2) is 0 Å². The number of anilines is 1. The molecule has 2 N–H and O–H groups in total. The number of nitrogens with zero attached hydrogens (tertiary/aromatic N) is 1. The highest BCUT2D eigenvalue weighted by atomic mass is 35.5. The average Bonchev–Trinajstić information content (AvgIpc) is 3.04. The van der Waals surface area contributed by atoms with Crippen molar-refractivity contribution in [3.8, 4) is 0 Å². The maximum Gasteiger partial charge on any atom is 0.240 e. The number of carbonyl (C=O) groups excluding carboxylic acids is 1. The molecular formula is C19H19ClN2O. The molecule has 0 aliphatic carbocycles. The minimum atomic E-state index is -0.272. The van der Waals surface area contributed by atoms with Crippen molar-refractivity contribution in [2.45, 2.75) is 18.9 Å². The van der Waals surface area contributed by atoms with E-state index in [0.29, 0.717) is 5.02 Å². The minimum Gasteiger partial charge on any atom is -0.368 e. The topological polar surface area (TPSA) is 46.3 Å². The SMILES string of the molecule is NC(=O)[C@H]1CCCN1c1ccc(/C=C/c2ccccc2)c(Cl)c1. The molecule has 2 aromatic carbocycles. The first-order chi connectivity index (χ1) is 11.1. The molecule has 1 atom stereocenters. The summed E-state index contributed by atoms with van der Waals surface area (Å²) in [5.41, 5.74) is 8.51. The summed E-state index contributed by atoms with van der Waals surface area (Å²) in [6.07, 6.45) is 5.81. The molecule has 0 spiro atoms. The summed E-state index contributed by atoms with van der Waals surface area (Å²) in [5, 5.41) is 0.671. The van der Waals surface area contributed by atoms with Gasteiger partial charge in [0.2, 0.25) is 5.91 Å². The maximum atomic E-state index is 11.5. The van der Waals surface area contributed by atoms with E-state index < -0.39 is 0 Å². The highest BCUT2D eigenvalue weighted by Crippen LogP contribution is 2.30. The smallest absolute Gasteiger partial charge is 0.240 e. The van der Waals surface area contributed by atoms with Crippen molar-refractivity contribution in [2.24, 2.45) is 5.73 Å². The third-order valence-corrected chi connectivity index (χ3v) is 4.48. The quantitative estimate of drug-likeness (QED) is 0.864. The van der Waals surface area contributed by atoms with E-state index in [1.165, 1.54) is 0 Å². The number of rotatable bonds is 4. The number of primary amides is 1. The Bertz CT molecular complexity index is 727. The number of nitrogens with two attached hydrogens (primary N) is 1. The molecular weight excluding hydrogens is 308 g/mol. The third kappa shape index (κ3) is 3.57. The molecule has 23 heavy (non-hydrogen) atoms. The lowest BCUT2D eigenvalue weighted by Crippen LogP contribution is -2.40. The van der Waals surface area contributed by atoms with Crippen molar-refractivity contribution in [3.63, 3.8) is 0 Å². The van der Waals surface area contributed by atoms with Crippen LogP contribution in [0, 0.1) is 0 Å². The van der Waals surface area contributed by atoms with Crippen molar-refractivity contribution >= 4 is 35.3 Å². The Morgan fingerprint density at radius 3 is 2.65 bits per heavy atom. The summed E-state index contributed by atoms with van der Waals surface area (Å²) in [5.74, 6) is -0.272. The molecule has 1 aliphatic rings. The van der Waals surface area contributed by atoms with Gasteiger partial charge in [0.1, 0.15) is 6.04 Å². The molecule has 0 saturated carbocycles. The van der Waals surface area contributed by atoms with Gasteiger partial charge < -0.3 is 10.6 Å². The molecule has 0 aromatic heterocycles. The number of benzene rings is 2. The lowest BCUT2D eigenvalue weighted by Gasteiger charge is -2.24. The normalized spacial score (nSPS) is 17.8. The van der Waals surface area contributed by atoms with E-state index in [4.69, 9.17) is 17.3 Å². The molecule has 1 heterocycles. The Hall–Kier alpha value is -2.26. The number of hydrogen-bond acceptors (Lipinski definition) is 2. The summed E-state index contributed by atoms with van der Waals surface area (Å²) in [6.45, 7) is 0.836. The van der Waals surface area contributed by atoms with E-state index in [9.17, 15) is 4.79 Å². The van der Waals surface area contributed by atoms with Crippen LogP contribution in [0.15, 0.2) is 48.5 Å². The lowest BCUT2D eigenvalue weighted by atomic mass is 10.1. The largest absolute Gasteiger partial charge is 0.368 e. The predicted molar refractivity (Wildman–Crippen MR) is 96.4 cm³/mol. The summed E-state index contributed by atoms with van der Waals surface area (Å²) >= 11 is 6.41. The van der Waals surface area contributed by atoms with Crippen LogP contribution in [0.5, 0.6) is 0 Å². The van der Waals surface area contributed by atoms with Crippen LogP contribution in [-0.4, -0.2) is 18.5 Å². The summed E-state index contributed by atoms with van der Waals surface area (Å²) < 4.78 is 0. The van der Waals surface area contributed by atoms with Gasteiger partial charge in [-0.3, -0.25) is 4.79 Å². The fourth-order valence-corrected chi connectivity index (χ4v) is 3.19. The van der Waals surface area contributed by atoms with Crippen LogP contribution in [0.1, 0.15) is 24.0 Å². The molecule has 1 fully saturated rings. The molecule has 118 valence electrons. The van der Waals surface area contributed by atoms with Gasteiger partial charge in [0.05, 0.1) is 0 Å². The fraction of sp³-hybridized carbons (Fsp3) is 0.211. The van der Waals surface area contributed by atoms with E-state index in [2.05, 4.69) is 0 Å². The molecule has 0 unspecified atom stereocenters. The van der Waals surface area contributed by atoms with Crippen LogP contribution in [0.2, 0.25) is 5.02 Å². The molecule has 1 amide bonds. The monoisotopic (exact) mass is 326 g/mol. The zero-order valence-electron chi connectivity index (χ0n) is 12.8. The maximum absolute atomic E-state index is 11.5. The van der Waals surface area contributed by atoms with Crippen LogP contribution < -0.4 is 10.6 Å². The Kier molecular flexibility index (Phi) is 4.68. The zero-order chi connectivity index (χ0) is 16.2. The van der Waals surface area contributed by atoms with Gasteiger partial charge in [0, 0.05) is 17.3 Å². The molecule has 3 nitrogen and oxygen atoms in total. The van der Waals surface area contributed by atoms with Gasteiger partial charge in [-0.2, -0.15) is 0 Å². The molecule has 0 radical (unpaired) electrons. The highest BCUT2D eigenvalue weighted by molar-refractivity contribution is 6.32. The second-order valence-corrected chi connectivity index (χ2v) is 6.11. The second-order valence-electron chi connectivity index (χ2n) is 5.70. The van der Waals surface area contributed by atoms with E-state index in [0.717, 1.165) is 36.2 Å². The number of amides is 1. The molecule has 1 aliphatic heterocycles. The molecule has 3 rings (SSSR count). The molecule has 1 saturated heterocycles. The Balaban J connectivity index is 1.81. The van der Waals surface area contributed by atoms with Crippen LogP contribution in [0.25, 0.3) is 12.2 Å². The third-order valence-electron chi connectivity index (χ3n) is 4.15. The standard InChI is InChI=1S/C19H19ClN2O/c20-17-13-16(22-12-4-7-18(22)19(21)23)11-10-15(17)9-8-14-5-2-1-3-6-14/h1-3,5-6,8-11,13,18H,4,7,12H2,(H2,21,23)/b9-8+/t18-/m1/s1. The Morgan fingerprint density at radius 1 is 1.17 bits per heavy atom. The van der Waals surface area contributed by atoms with Gasteiger partial charge >= 0.3 is 0 Å². The lowest BCUT2D eigenvalue weighted by molar-refractivity contribution is -0.119. The summed E-state index contributed by atoms with van der Waals surface area (Å²) in [6, 6.07) is 15.7. The number of hydrogen-bond donors (Lipinski definition) is 1. The van der Waals surface area contributed by atoms with E-state index in [1.54, 1.807) is 0 Å². The summed E-state index contributed by atoms with van der Waals surface area (Å²) in [4.78, 5) is 13.6. The van der Waals surface area contributed by atoms with Gasteiger partial charge in [-0.05, 0) is 36.1 Å². The Morgan fingerprint density at radius 2 is 1.96 bits per heavy atom. The highest BCUT2D eigenvalue weighted by Gasteiger charge is 2.29. The van der Waals surface area contributed by atoms with Crippen LogP contribution in [0.3, 0.4) is 0 Å². The minimum absolute atomic E-state index is 0.225.